The summed E-state index contributed by atoms with van der Waals surface area (Å²) < 4.78 is 0. The van der Waals surface area contributed by atoms with Crippen LogP contribution >= 0.6 is 27.7 Å². The van der Waals surface area contributed by atoms with Crippen molar-refractivity contribution in [3.63, 3.8) is 0 Å². The fourth-order valence-electron chi connectivity index (χ4n) is 1.02. The molecule has 2 nitrogen and oxygen atoms in total. The van der Waals surface area contributed by atoms with Gasteiger partial charge in [0.1, 0.15) is 0 Å². The predicted molar refractivity (Wildman–Crippen MR) is 52.0 cm³/mol. The van der Waals surface area contributed by atoms with Crippen LogP contribution in [-0.2, 0) is 4.79 Å². The van der Waals surface area contributed by atoms with E-state index in [-0.39, 0.29) is 5.91 Å². The van der Waals surface area contributed by atoms with E-state index in [1.165, 1.54) is 12.8 Å². The van der Waals surface area contributed by atoms with Crippen molar-refractivity contribution in [3.05, 3.63) is 0 Å². The van der Waals surface area contributed by atoms with Crippen LogP contribution in [0.2, 0.25) is 0 Å². The smallest absolute Gasteiger partial charge is 0.230 e. The molecule has 1 fully saturated rings. The van der Waals surface area contributed by atoms with Gasteiger partial charge in [-0.25, -0.2) is 0 Å². The van der Waals surface area contributed by atoms with Crippen LogP contribution < -0.4 is 5.32 Å². The maximum Gasteiger partial charge on any atom is 0.230 e. The maximum absolute atomic E-state index is 10.7. The highest BCUT2D eigenvalue weighted by Gasteiger charge is 2.19. The van der Waals surface area contributed by atoms with Crippen molar-refractivity contribution in [2.45, 2.75) is 24.6 Å². The van der Waals surface area contributed by atoms with Crippen LogP contribution in [0.25, 0.3) is 0 Å². The molecule has 1 N–H and O–H groups in total. The molecule has 1 aliphatic heterocycles. The lowest BCUT2D eigenvalue weighted by atomic mass is 10.2. The molecule has 1 rings (SSSR count). The van der Waals surface area contributed by atoms with E-state index in [0.717, 1.165) is 11.8 Å². The molecule has 0 bridgehead atoms. The summed E-state index contributed by atoms with van der Waals surface area (Å²) in [5.41, 5.74) is 0. The molecule has 0 aromatic carbocycles. The number of carbonyl (C=O) groups is 1. The quantitative estimate of drug-likeness (QED) is 0.597. The number of nitrogens with one attached hydrogen (secondary N) is 1. The fraction of sp³-hybridized carbons (Fsp3) is 0.857. The third kappa shape index (κ3) is 3.47. The summed E-state index contributed by atoms with van der Waals surface area (Å²) in [6, 6.07) is 0. The van der Waals surface area contributed by atoms with Crippen LogP contribution in [-0.4, -0.2) is 22.4 Å². The first kappa shape index (κ1) is 9.39. The Kier molecular flexibility index (Phi) is 4.30. The standard InChI is InChI=1S/C7H12BrNOS/c8-4-2-1-3-7-9-6(10)5-11-7/h7H,1-5H2,(H,9,10). The average Bonchev–Trinajstić information content (AvgIpc) is 2.37. The zero-order chi connectivity index (χ0) is 8.10. The molecule has 1 aliphatic rings. The Balaban J connectivity index is 2.04. The summed E-state index contributed by atoms with van der Waals surface area (Å²) in [5, 5.41) is 4.38. The fourth-order valence-corrected chi connectivity index (χ4v) is 2.40. The second-order valence-corrected chi connectivity index (χ2v) is 4.54. The number of thioether (sulfide) groups is 1. The molecule has 64 valence electrons. The molecule has 0 aromatic rings. The Labute approximate surface area is 79.6 Å². The van der Waals surface area contributed by atoms with Crippen LogP contribution in [0.1, 0.15) is 19.3 Å². The molecule has 1 atom stereocenters. The van der Waals surface area contributed by atoms with Crippen molar-refractivity contribution in [1.82, 2.24) is 5.32 Å². The Bertz CT molecular complexity index is 142. The lowest BCUT2D eigenvalue weighted by Gasteiger charge is -2.06. The largest absolute Gasteiger partial charge is 0.344 e. The van der Waals surface area contributed by atoms with Gasteiger partial charge in [0.05, 0.1) is 11.1 Å². The number of amides is 1. The van der Waals surface area contributed by atoms with Crippen molar-refractivity contribution < 1.29 is 4.79 Å². The third-order valence-electron chi connectivity index (χ3n) is 1.59. The molecule has 0 spiro atoms. The van der Waals surface area contributed by atoms with E-state index in [1.54, 1.807) is 11.8 Å². The minimum Gasteiger partial charge on any atom is -0.344 e. The predicted octanol–water partition coefficient (Wildman–Crippen LogP) is 1.74. The number of carbonyl (C=O) groups excluding carboxylic acids is 1. The molecule has 1 unspecified atom stereocenters. The van der Waals surface area contributed by atoms with Gasteiger partial charge in [-0.05, 0) is 19.3 Å². The number of halogens is 1. The number of hydrogen-bond acceptors (Lipinski definition) is 2. The van der Waals surface area contributed by atoms with Crippen LogP contribution in [0.4, 0.5) is 0 Å². The summed E-state index contributed by atoms with van der Waals surface area (Å²) in [6.07, 6.45) is 3.51. The van der Waals surface area contributed by atoms with Crippen LogP contribution in [0, 0.1) is 0 Å². The van der Waals surface area contributed by atoms with E-state index < -0.39 is 0 Å². The average molecular weight is 238 g/mol. The molecular formula is C7H12BrNOS. The second-order valence-electron chi connectivity index (χ2n) is 2.55. The Morgan fingerprint density at radius 3 is 3.00 bits per heavy atom. The van der Waals surface area contributed by atoms with Crippen molar-refractivity contribution in [1.29, 1.82) is 0 Å². The van der Waals surface area contributed by atoms with Gasteiger partial charge in [0.2, 0.25) is 5.91 Å². The van der Waals surface area contributed by atoms with Crippen LogP contribution in [0.3, 0.4) is 0 Å². The van der Waals surface area contributed by atoms with Gasteiger partial charge >= 0.3 is 0 Å². The highest BCUT2D eigenvalue weighted by molar-refractivity contribution is 9.09. The third-order valence-corrected chi connectivity index (χ3v) is 3.33. The van der Waals surface area contributed by atoms with Gasteiger partial charge in [-0.15, -0.1) is 11.8 Å². The molecule has 0 aromatic heterocycles. The number of alkyl halides is 1. The highest BCUT2D eigenvalue weighted by atomic mass is 79.9. The normalized spacial score (nSPS) is 23.7. The summed E-state index contributed by atoms with van der Waals surface area (Å²) in [7, 11) is 0. The zero-order valence-electron chi connectivity index (χ0n) is 6.31. The van der Waals surface area contributed by atoms with Crippen molar-refractivity contribution in [2.75, 3.05) is 11.1 Å². The lowest BCUT2D eigenvalue weighted by molar-refractivity contribution is -0.118. The summed E-state index contributed by atoms with van der Waals surface area (Å²) in [5.74, 6) is 0.845. The number of rotatable bonds is 4. The highest BCUT2D eigenvalue weighted by Crippen LogP contribution is 2.19. The van der Waals surface area contributed by atoms with Gasteiger partial charge in [0.25, 0.3) is 0 Å². The van der Waals surface area contributed by atoms with Crippen molar-refractivity contribution in [2.24, 2.45) is 0 Å². The molecule has 4 heteroatoms. The minimum absolute atomic E-state index is 0.193. The Morgan fingerprint density at radius 2 is 2.45 bits per heavy atom. The molecule has 1 amide bonds. The van der Waals surface area contributed by atoms with Gasteiger partial charge in [0, 0.05) is 5.33 Å². The van der Waals surface area contributed by atoms with E-state index >= 15 is 0 Å². The van der Waals surface area contributed by atoms with Gasteiger partial charge in [-0.3, -0.25) is 4.79 Å². The molecule has 0 radical (unpaired) electrons. The van der Waals surface area contributed by atoms with Gasteiger partial charge < -0.3 is 5.32 Å². The molecule has 0 aliphatic carbocycles. The summed E-state index contributed by atoms with van der Waals surface area (Å²) in [6.45, 7) is 0. The van der Waals surface area contributed by atoms with E-state index in [0.29, 0.717) is 11.1 Å². The maximum atomic E-state index is 10.7. The van der Waals surface area contributed by atoms with Crippen molar-refractivity contribution >= 4 is 33.6 Å². The van der Waals surface area contributed by atoms with Gasteiger partial charge in [-0.1, -0.05) is 15.9 Å². The molecule has 1 saturated heterocycles. The first-order valence-corrected chi connectivity index (χ1v) is 5.97. The zero-order valence-corrected chi connectivity index (χ0v) is 8.71. The SMILES string of the molecule is O=C1CSC(CCCCBr)N1. The van der Waals surface area contributed by atoms with Crippen molar-refractivity contribution in [3.8, 4) is 0 Å². The van der Waals surface area contributed by atoms with Gasteiger partial charge in [-0.2, -0.15) is 0 Å². The Hall–Kier alpha value is 0.300. The molecular weight excluding hydrogens is 226 g/mol. The minimum atomic E-state index is 0.193. The van der Waals surface area contributed by atoms with E-state index in [9.17, 15) is 4.79 Å². The number of unbranched alkanes of at least 4 members (excludes halogenated alkanes) is 1. The molecule has 0 saturated carbocycles. The molecule has 1 heterocycles. The van der Waals surface area contributed by atoms with E-state index in [1.807, 2.05) is 0 Å². The summed E-state index contributed by atoms with van der Waals surface area (Å²) >= 11 is 5.10. The van der Waals surface area contributed by atoms with Crippen LogP contribution in [0.5, 0.6) is 0 Å². The number of hydrogen-bond donors (Lipinski definition) is 1. The van der Waals surface area contributed by atoms with E-state index in [2.05, 4.69) is 21.2 Å². The first-order valence-electron chi connectivity index (χ1n) is 3.80. The monoisotopic (exact) mass is 237 g/mol. The van der Waals surface area contributed by atoms with Crippen LogP contribution in [0.15, 0.2) is 0 Å². The summed E-state index contributed by atoms with van der Waals surface area (Å²) in [4.78, 5) is 10.7. The van der Waals surface area contributed by atoms with E-state index in [4.69, 9.17) is 0 Å². The topological polar surface area (TPSA) is 29.1 Å². The first-order chi connectivity index (χ1) is 5.33. The van der Waals surface area contributed by atoms with Gasteiger partial charge in [0.15, 0.2) is 0 Å². The lowest BCUT2D eigenvalue weighted by Crippen LogP contribution is -2.24. The second kappa shape index (κ2) is 5.04. The Morgan fingerprint density at radius 1 is 1.64 bits per heavy atom. The molecule has 11 heavy (non-hydrogen) atoms.